The van der Waals surface area contributed by atoms with Crippen molar-refractivity contribution in [2.24, 2.45) is 0 Å². The molecule has 0 aliphatic carbocycles. The number of nitrogens with zero attached hydrogens (tertiary/aromatic N) is 1. The number of rotatable bonds is 3. The molecule has 0 bridgehead atoms. The van der Waals surface area contributed by atoms with Crippen LogP contribution in [-0.4, -0.2) is 34.7 Å². The number of carbonyl (C=O) groups is 2. The second-order valence-electron chi connectivity index (χ2n) is 3.23. The van der Waals surface area contributed by atoms with Crippen molar-refractivity contribution in [3.8, 4) is 0 Å². The number of nitrogens with one attached hydrogen (secondary N) is 1. The van der Waals surface area contributed by atoms with Crippen LogP contribution in [0.15, 0.2) is 17.2 Å². The molecule has 1 aliphatic rings. The molecule has 2 amide bonds. The fourth-order valence-corrected chi connectivity index (χ4v) is 1.93. The Morgan fingerprint density at radius 2 is 2.33 bits per heavy atom. The molecule has 0 saturated carbocycles. The van der Waals surface area contributed by atoms with Gasteiger partial charge in [-0.15, -0.1) is 17.5 Å². The molecule has 0 aromatic heterocycles. The smallest absolute Gasteiger partial charge is 0.242 e. The molecule has 15 heavy (non-hydrogen) atoms. The Labute approximate surface area is 92.5 Å². The molecule has 1 aliphatic heterocycles. The highest BCUT2D eigenvalue weighted by Crippen LogP contribution is 2.24. The summed E-state index contributed by atoms with van der Waals surface area (Å²) in [7, 11) is 1.49. The minimum atomic E-state index is -0.325. The van der Waals surface area contributed by atoms with Crippen molar-refractivity contribution < 1.29 is 9.59 Å². The molecule has 5 heteroatoms. The summed E-state index contributed by atoms with van der Waals surface area (Å²) in [6.07, 6.45) is 1.76. The highest BCUT2D eigenvalue weighted by atomic mass is 32.2. The summed E-state index contributed by atoms with van der Waals surface area (Å²) < 4.78 is 0. The van der Waals surface area contributed by atoms with E-state index in [1.165, 1.54) is 24.9 Å². The predicted octanol–water partition coefficient (Wildman–Crippen LogP) is 1.19. The molecule has 1 N–H and O–H groups in total. The molecule has 0 radical (unpaired) electrons. The fraction of sp³-hybridized carbons (Fsp3) is 0.400. The Hall–Kier alpha value is -1.32. The van der Waals surface area contributed by atoms with Gasteiger partial charge < -0.3 is 5.41 Å². The van der Waals surface area contributed by atoms with Crippen molar-refractivity contribution >= 4 is 29.3 Å². The van der Waals surface area contributed by atoms with E-state index in [1.54, 1.807) is 12.3 Å². The molecule has 1 atom stereocenters. The van der Waals surface area contributed by atoms with Gasteiger partial charge in [0.2, 0.25) is 11.8 Å². The Kier molecular flexibility index (Phi) is 3.88. The summed E-state index contributed by atoms with van der Waals surface area (Å²) >= 11 is 1.27. The van der Waals surface area contributed by atoms with Gasteiger partial charge in [0, 0.05) is 30.7 Å². The van der Waals surface area contributed by atoms with E-state index >= 15 is 0 Å². The number of hydrogen-bond donors (Lipinski definition) is 1. The molecule has 1 unspecified atom stereocenters. The van der Waals surface area contributed by atoms with Crippen LogP contribution < -0.4 is 0 Å². The predicted molar refractivity (Wildman–Crippen MR) is 59.8 cm³/mol. The van der Waals surface area contributed by atoms with Crippen molar-refractivity contribution in [1.29, 1.82) is 5.41 Å². The van der Waals surface area contributed by atoms with E-state index in [0.717, 1.165) is 4.90 Å². The maximum atomic E-state index is 11.4. The summed E-state index contributed by atoms with van der Waals surface area (Å²) in [5.74, 6) is -0.298. The number of thioether (sulfide) groups is 1. The van der Waals surface area contributed by atoms with E-state index in [2.05, 4.69) is 5.73 Å². The number of carbonyl (C=O) groups excluding carboxylic acids is 2. The van der Waals surface area contributed by atoms with E-state index < -0.39 is 0 Å². The van der Waals surface area contributed by atoms with Crippen LogP contribution in [0.25, 0.3) is 0 Å². The number of amides is 2. The lowest BCUT2D eigenvalue weighted by molar-refractivity contribution is -0.136. The van der Waals surface area contributed by atoms with Crippen LogP contribution in [0.2, 0.25) is 0 Å². The van der Waals surface area contributed by atoms with Crippen LogP contribution in [0.4, 0.5) is 0 Å². The Morgan fingerprint density at radius 3 is 2.80 bits per heavy atom. The average Bonchev–Trinajstić information content (AvgIpc) is 2.41. The molecule has 0 aromatic carbocycles. The van der Waals surface area contributed by atoms with E-state index in [9.17, 15) is 9.59 Å². The fourth-order valence-electron chi connectivity index (χ4n) is 1.11. The van der Waals surface area contributed by atoms with E-state index in [4.69, 9.17) is 5.41 Å². The van der Waals surface area contributed by atoms with Crippen LogP contribution in [-0.2, 0) is 9.59 Å². The topological polar surface area (TPSA) is 61.2 Å². The zero-order valence-corrected chi connectivity index (χ0v) is 9.43. The first-order valence-electron chi connectivity index (χ1n) is 4.44. The maximum Gasteiger partial charge on any atom is 0.242 e. The second-order valence-corrected chi connectivity index (χ2v) is 4.31. The molecule has 0 aromatic rings. The number of hydrogen-bond acceptors (Lipinski definition) is 4. The Morgan fingerprint density at radius 1 is 1.67 bits per heavy atom. The van der Waals surface area contributed by atoms with Gasteiger partial charge in [-0.2, -0.15) is 0 Å². The van der Waals surface area contributed by atoms with Gasteiger partial charge >= 0.3 is 0 Å². The van der Waals surface area contributed by atoms with E-state index in [-0.39, 0.29) is 23.5 Å². The summed E-state index contributed by atoms with van der Waals surface area (Å²) in [6, 6.07) is 0. The third kappa shape index (κ3) is 3.08. The normalized spacial score (nSPS) is 20.1. The lowest BCUT2D eigenvalue weighted by atomic mass is 10.4. The van der Waals surface area contributed by atoms with Gasteiger partial charge in [0.05, 0.1) is 5.25 Å². The van der Waals surface area contributed by atoms with Crippen LogP contribution in [0.5, 0.6) is 0 Å². The molecular formula is C10H12N2O2S. The average molecular weight is 224 g/mol. The van der Waals surface area contributed by atoms with Gasteiger partial charge in [-0.3, -0.25) is 14.5 Å². The molecular weight excluding hydrogens is 212 g/mol. The zero-order valence-electron chi connectivity index (χ0n) is 8.61. The molecule has 1 saturated heterocycles. The van der Waals surface area contributed by atoms with Gasteiger partial charge in [0.15, 0.2) is 0 Å². The van der Waals surface area contributed by atoms with Crippen molar-refractivity contribution in [1.82, 2.24) is 4.90 Å². The van der Waals surface area contributed by atoms with E-state index in [0.29, 0.717) is 5.71 Å². The summed E-state index contributed by atoms with van der Waals surface area (Å²) in [4.78, 5) is 23.7. The summed E-state index contributed by atoms with van der Waals surface area (Å²) in [6.45, 7) is 1.64. The quantitative estimate of drug-likeness (QED) is 0.445. The minimum Gasteiger partial charge on any atom is -0.305 e. The number of likely N-dealkylation sites (tertiary alicyclic amines) is 1. The van der Waals surface area contributed by atoms with Gasteiger partial charge in [0.1, 0.15) is 0 Å². The molecule has 1 fully saturated rings. The SMILES string of the molecule is CC(=N)C=C=CSC1CC(=O)N(C)C1=O. The third-order valence-electron chi connectivity index (χ3n) is 1.94. The second kappa shape index (κ2) is 4.96. The first-order chi connectivity index (χ1) is 7.02. The largest absolute Gasteiger partial charge is 0.305 e. The van der Waals surface area contributed by atoms with Crippen LogP contribution in [0, 0.1) is 5.41 Å². The molecule has 80 valence electrons. The molecule has 4 nitrogen and oxygen atoms in total. The van der Waals surface area contributed by atoms with Gasteiger partial charge in [-0.25, -0.2) is 0 Å². The first-order valence-corrected chi connectivity index (χ1v) is 5.38. The van der Waals surface area contributed by atoms with Crippen molar-refractivity contribution in [2.45, 2.75) is 18.6 Å². The van der Waals surface area contributed by atoms with Gasteiger partial charge in [-0.1, -0.05) is 0 Å². The monoisotopic (exact) mass is 224 g/mol. The maximum absolute atomic E-state index is 11.4. The van der Waals surface area contributed by atoms with Crippen molar-refractivity contribution in [2.75, 3.05) is 7.05 Å². The standard InChI is InChI=1S/C10H12N2O2S/c1-7(11)4-3-5-15-8-6-9(13)12(2)10(8)14/h4-5,8,11H,6H2,1-2H3. The van der Waals surface area contributed by atoms with Crippen LogP contribution in [0.3, 0.4) is 0 Å². The summed E-state index contributed by atoms with van der Waals surface area (Å²) in [5.41, 5.74) is 3.17. The molecule has 1 rings (SSSR count). The lowest BCUT2D eigenvalue weighted by Crippen LogP contribution is -2.26. The van der Waals surface area contributed by atoms with Crippen molar-refractivity contribution in [3.63, 3.8) is 0 Å². The Bertz CT molecular complexity index is 370. The minimum absolute atomic E-state index is 0.141. The summed E-state index contributed by atoms with van der Waals surface area (Å²) in [5, 5.41) is 8.40. The Balaban J connectivity index is 2.55. The molecule has 0 spiro atoms. The zero-order chi connectivity index (χ0) is 11.4. The first kappa shape index (κ1) is 11.8. The molecule has 1 heterocycles. The van der Waals surface area contributed by atoms with Crippen LogP contribution in [0.1, 0.15) is 13.3 Å². The van der Waals surface area contributed by atoms with Crippen molar-refractivity contribution in [3.05, 3.63) is 17.2 Å². The van der Waals surface area contributed by atoms with Crippen LogP contribution >= 0.6 is 11.8 Å². The third-order valence-corrected chi connectivity index (χ3v) is 2.91. The number of allylic oxidation sites excluding steroid dienone is 1. The van der Waals surface area contributed by atoms with Gasteiger partial charge in [-0.05, 0) is 6.92 Å². The van der Waals surface area contributed by atoms with E-state index in [1.807, 2.05) is 0 Å². The highest BCUT2D eigenvalue weighted by Gasteiger charge is 2.35. The van der Waals surface area contributed by atoms with Gasteiger partial charge in [0.25, 0.3) is 0 Å². The number of imide groups is 1. The highest BCUT2D eigenvalue weighted by molar-refractivity contribution is 8.03. The lowest BCUT2D eigenvalue weighted by Gasteiger charge is -2.05.